The van der Waals surface area contributed by atoms with Crippen molar-refractivity contribution < 1.29 is 0 Å². The van der Waals surface area contributed by atoms with Crippen molar-refractivity contribution in [2.75, 3.05) is 11.4 Å². The smallest absolute Gasteiger partial charge is 0.226 e. The van der Waals surface area contributed by atoms with Crippen LogP contribution >= 0.6 is 0 Å². The van der Waals surface area contributed by atoms with Crippen molar-refractivity contribution in [1.29, 1.82) is 0 Å². The molecule has 1 aliphatic rings. The molecule has 1 unspecified atom stereocenters. The summed E-state index contributed by atoms with van der Waals surface area (Å²) in [4.78, 5) is 11.7. The summed E-state index contributed by atoms with van der Waals surface area (Å²) in [7, 11) is 0. The lowest BCUT2D eigenvalue weighted by Crippen LogP contribution is -2.38. The van der Waals surface area contributed by atoms with Crippen molar-refractivity contribution in [3.05, 3.63) is 54.7 Å². The number of aromatic nitrogens is 2. The molecular formula is C20H21N3. The molecule has 2 heterocycles. The van der Waals surface area contributed by atoms with Gasteiger partial charge in [0.2, 0.25) is 5.95 Å². The molecule has 0 amide bonds. The summed E-state index contributed by atoms with van der Waals surface area (Å²) in [6, 6.07) is 17.5. The van der Waals surface area contributed by atoms with Crippen LogP contribution in [0.15, 0.2) is 54.7 Å². The maximum absolute atomic E-state index is 4.84. The van der Waals surface area contributed by atoms with Crippen LogP contribution in [-0.4, -0.2) is 22.6 Å². The Kier molecular flexibility index (Phi) is 3.70. The fourth-order valence-corrected chi connectivity index (χ4v) is 3.39. The molecular weight excluding hydrogens is 282 g/mol. The molecule has 1 aliphatic heterocycles. The van der Waals surface area contributed by atoms with Gasteiger partial charge in [-0.05, 0) is 49.1 Å². The lowest BCUT2D eigenvalue weighted by Gasteiger charge is -2.33. The summed E-state index contributed by atoms with van der Waals surface area (Å²) in [5.41, 5.74) is 2.15. The quantitative estimate of drug-likeness (QED) is 0.688. The molecule has 0 radical (unpaired) electrons. The molecule has 4 rings (SSSR count). The number of anilines is 1. The van der Waals surface area contributed by atoms with E-state index in [1.165, 1.54) is 30.0 Å². The highest BCUT2D eigenvalue weighted by Crippen LogP contribution is 2.26. The van der Waals surface area contributed by atoms with Crippen LogP contribution in [0, 0.1) is 0 Å². The predicted molar refractivity (Wildman–Crippen MR) is 95.6 cm³/mol. The number of hydrogen-bond acceptors (Lipinski definition) is 3. The fraction of sp³-hybridized carbons (Fsp3) is 0.300. The van der Waals surface area contributed by atoms with Crippen molar-refractivity contribution in [3.63, 3.8) is 0 Å². The Balaban J connectivity index is 1.72. The highest BCUT2D eigenvalue weighted by atomic mass is 15.3. The van der Waals surface area contributed by atoms with E-state index in [2.05, 4.69) is 59.3 Å². The van der Waals surface area contributed by atoms with E-state index in [1.54, 1.807) is 0 Å². The van der Waals surface area contributed by atoms with Crippen molar-refractivity contribution >= 4 is 16.7 Å². The topological polar surface area (TPSA) is 29.0 Å². The first-order chi connectivity index (χ1) is 11.3. The van der Waals surface area contributed by atoms with Crippen molar-refractivity contribution in [1.82, 2.24) is 9.97 Å². The zero-order chi connectivity index (χ0) is 15.6. The van der Waals surface area contributed by atoms with Gasteiger partial charge in [0.05, 0.1) is 5.69 Å². The summed E-state index contributed by atoms with van der Waals surface area (Å²) in [5.74, 6) is 0.864. The lowest BCUT2D eigenvalue weighted by atomic mass is 10.0. The fourth-order valence-electron chi connectivity index (χ4n) is 3.39. The Bertz CT molecular complexity index is 828. The Morgan fingerprint density at radius 3 is 2.74 bits per heavy atom. The van der Waals surface area contributed by atoms with E-state index in [1.807, 2.05) is 12.3 Å². The van der Waals surface area contributed by atoms with Gasteiger partial charge in [0.25, 0.3) is 0 Å². The number of hydrogen-bond donors (Lipinski definition) is 0. The van der Waals surface area contributed by atoms with E-state index in [9.17, 15) is 0 Å². The maximum Gasteiger partial charge on any atom is 0.226 e. The Morgan fingerprint density at radius 1 is 1.00 bits per heavy atom. The molecule has 0 bridgehead atoms. The van der Waals surface area contributed by atoms with Crippen LogP contribution in [0.1, 0.15) is 26.2 Å². The average Bonchev–Trinajstić information content (AvgIpc) is 2.62. The number of nitrogens with zero attached hydrogens (tertiary/aromatic N) is 3. The highest BCUT2D eigenvalue weighted by Gasteiger charge is 2.20. The normalized spacial score (nSPS) is 18.3. The lowest BCUT2D eigenvalue weighted by molar-refractivity contribution is 0.477. The molecule has 1 fully saturated rings. The highest BCUT2D eigenvalue weighted by molar-refractivity contribution is 5.86. The first-order valence-corrected chi connectivity index (χ1v) is 8.40. The molecule has 23 heavy (non-hydrogen) atoms. The molecule has 3 heteroatoms. The van der Waals surface area contributed by atoms with Gasteiger partial charge in [-0.3, -0.25) is 0 Å². The SMILES string of the molecule is CC1CCCCN1c1nccc(-c2ccc3ccccc3c2)n1. The number of benzene rings is 2. The minimum atomic E-state index is 0.524. The van der Waals surface area contributed by atoms with Crippen molar-refractivity contribution in [3.8, 4) is 11.3 Å². The average molecular weight is 303 g/mol. The van der Waals surface area contributed by atoms with Crippen LogP contribution < -0.4 is 4.90 Å². The molecule has 0 aliphatic carbocycles. The third-order valence-corrected chi connectivity index (χ3v) is 4.75. The first-order valence-electron chi connectivity index (χ1n) is 8.40. The molecule has 0 N–H and O–H groups in total. The van der Waals surface area contributed by atoms with Gasteiger partial charge in [0.15, 0.2) is 0 Å². The van der Waals surface area contributed by atoms with Crippen molar-refractivity contribution in [2.45, 2.75) is 32.2 Å². The van der Waals surface area contributed by atoms with Crippen molar-refractivity contribution in [2.24, 2.45) is 0 Å². The van der Waals surface area contributed by atoms with Crippen LogP contribution in [0.25, 0.3) is 22.0 Å². The number of rotatable bonds is 2. The summed E-state index contributed by atoms with van der Waals surface area (Å²) in [5, 5.41) is 2.51. The van der Waals surface area contributed by atoms with Gasteiger partial charge >= 0.3 is 0 Å². The van der Waals surface area contributed by atoms with E-state index in [4.69, 9.17) is 4.98 Å². The largest absolute Gasteiger partial charge is 0.338 e. The van der Waals surface area contributed by atoms with Crippen LogP contribution in [-0.2, 0) is 0 Å². The second-order valence-corrected chi connectivity index (χ2v) is 6.34. The standard InChI is InChI=1S/C20H21N3/c1-15-6-4-5-13-23(15)20-21-12-11-19(22-20)18-10-9-16-7-2-3-8-17(16)14-18/h2-3,7-12,14-15H,4-6,13H2,1H3. The first kappa shape index (κ1) is 14.2. The van der Waals surface area contributed by atoms with Gasteiger partial charge in [-0.25, -0.2) is 9.97 Å². The third-order valence-electron chi connectivity index (χ3n) is 4.75. The molecule has 1 saturated heterocycles. The summed E-state index contributed by atoms with van der Waals surface area (Å²) in [6.45, 7) is 3.33. The molecule has 3 aromatic rings. The van der Waals surface area contributed by atoms with Crippen LogP contribution in [0.2, 0.25) is 0 Å². The van der Waals surface area contributed by atoms with E-state index < -0.39 is 0 Å². The monoisotopic (exact) mass is 303 g/mol. The summed E-state index contributed by atoms with van der Waals surface area (Å²) >= 11 is 0. The Labute approximate surface area is 137 Å². The Morgan fingerprint density at radius 2 is 1.87 bits per heavy atom. The van der Waals surface area contributed by atoms with Gasteiger partial charge in [0.1, 0.15) is 0 Å². The maximum atomic E-state index is 4.84. The number of fused-ring (bicyclic) bond motifs is 1. The van der Waals surface area contributed by atoms with Gasteiger partial charge in [-0.2, -0.15) is 0 Å². The van der Waals surface area contributed by atoms with E-state index in [0.29, 0.717) is 6.04 Å². The molecule has 3 nitrogen and oxygen atoms in total. The van der Waals surface area contributed by atoms with Crippen LogP contribution in [0.5, 0.6) is 0 Å². The van der Waals surface area contributed by atoms with Crippen LogP contribution in [0.3, 0.4) is 0 Å². The molecule has 116 valence electrons. The molecule has 0 spiro atoms. The van der Waals surface area contributed by atoms with Crippen LogP contribution in [0.4, 0.5) is 5.95 Å². The zero-order valence-electron chi connectivity index (χ0n) is 13.4. The molecule has 1 atom stereocenters. The number of piperidine rings is 1. The summed E-state index contributed by atoms with van der Waals surface area (Å²) < 4.78 is 0. The Hall–Kier alpha value is -2.42. The summed E-state index contributed by atoms with van der Waals surface area (Å²) in [6.07, 6.45) is 5.65. The minimum absolute atomic E-state index is 0.524. The van der Waals surface area contributed by atoms with E-state index in [-0.39, 0.29) is 0 Å². The van der Waals surface area contributed by atoms with Gasteiger partial charge in [-0.15, -0.1) is 0 Å². The molecule has 2 aromatic carbocycles. The van der Waals surface area contributed by atoms with Gasteiger partial charge < -0.3 is 4.90 Å². The second kappa shape index (κ2) is 5.99. The molecule has 1 aromatic heterocycles. The van der Waals surface area contributed by atoms with Gasteiger partial charge in [-0.1, -0.05) is 36.4 Å². The third kappa shape index (κ3) is 2.79. The van der Waals surface area contributed by atoms with E-state index >= 15 is 0 Å². The second-order valence-electron chi connectivity index (χ2n) is 6.34. The van der Waals surface area contributed by atoms with Gasteiger partial charge in [0, 0.05) is 24.3 Å². The minimum Gasteiger partial charge on any atom is -0.338 e. The molecule has 0 saturated carbocycles. The predicted octanol–water partition coefficient (Wildman–Crippen LogP) is 4.68. The van der Waals surface area contributed by atoms with E-state index in [0.717, 1.165) is 23.8 Å². The zero-order valence-corrected chi connectivity index (χ0v) is 13.4.